The van der Waals surface area contributed by atoms with E-state index in [1.165, 1.54) is 6.08 Å². The molecule has 0 aliphatic carbocycles. The van der Waals surface area contributed by atoms with Crippen LogP contribution >= 0.6 is 11.3 Å². The lowest BCUT2D eigenvalue weighted by molar-refractivity contribution is -0.116. The molecule has 1 heterocycles. The lowest BCUT2D eigenvalue weighted by Crippen LogP contribution is -2.25. The van der Waals surface area contributed by atoms with Crippen molar-refractivity contribution in [3.63, 3.8) is 0 Å². The molecule has 0 spiro atoms. The van der Waals surface area contributed by atoms with E-state index < -0.39 is 0 Å². The standard InChI is InChI=1S/C11H16N2O3S/c1-9-13-10(8-17-9)2-3-11(15)12-4-6-16-7-5-14/h2-3,8,14H,4-7H2,1H3,(H,12,15)/b3-2+. The average Bonchev–Trinajstić information content (AvgIpc) is 2.72. The molecule has 0 unspecified atom stereocenters. The zero-order valence-corrected chi connectivity index (χ0v) is 10.5. The number of hydrogen-bond acceptors (Lipinski definition) is 5. The number of aliphatic hydroxyl groups is 1. The topological polar surface area (TPSA) is 71.5 Å². The van der Waals surface area contributed by atoms with Crippen LogP contribution in [0.2, 0.25) is 0 Å². The van der Waals surface area contributed by atoms with Crippen molar-refractivity contribution in [3.05, 3.63) is 22.2 Å². The van der Waals surface area contributed by atoms with Gasteiger partial charge in [-0.3, -0.25) is 4.79 Å². The number of nitrogens with one attached hydrogen (secondary N) is 1. The highest BCUT2D eigenvalue weighted by molar-refractivity contribution is 7.09. The van der Waals surface area contributed by atoms with Crippen molar-refractivity contribution >= 4 is 23.3 Å². The molecule has 0 bridgehead atoms. The van der Waals surface area contributed by atoms with Crippen LogP contribution in [-0.4, -0.2) is 42.4 Å². The van der Waals surface area contributed by atoms with Crippen LogP contribution in [0, 0.1) is 6.92 Å². The molecule has 6 heteroatoms. The van der Waals surface area contributed by atoms with Crippen LogP contribution < -0.4 is 5.32 Å². The molecule has 0 saturated heterocycles. The van der Waals surface area contributed by atoms with Crippen molar-refractivity contribution in [1.29, 1.82) is 0 Å². The van der Waals surface area contributed by atoms with E-state index in [4.69, 9.17) is 9.84 Å². The Labute approximate surface area is 104 Å². The molecule has 17 heavy (non-hydrogen) atoms. The third-order valence-electron chi connectivity index (χ3n) is 1.82. The number of amides is 1. The van der Waals surface area contributed by atoms with Gasteiger partial charge in [0.05, 0.1) is 30.5 Å². The number of hydrogen-bond donors (Lipinski definition) is 2. The summed E-state index contributed by atoms with van der Waals surface area (Å²) in [5, 5.41) is 14.0. The third kappa shape index (κ3) is 6.15. The van der Waals surface area contributed by atoms with Crippen molar-refractivity contribution in [2.45, 2.75) is 6.92 Å². The highest BCUT2D eigenvalue weighted by Crippen LogP contribution is 2.08. The normalized spacial score (nSPS) is 10.9. The molecule has 94 valence electrons. The number of rotatable bonds is 7. The Kier molecular flexibility index (Phi) is 6.46. The predicted molar refractivity (Wildman–Crippen MR) is 66.8 cm³/mol. The summed E-state index contributed by atoms with van der Waals surface area (Å²) >= 11 is 1.55. The molecule has 0 aromatic carbocycles. The van der Waals surface area contributed by atoms with Gasteiger partial charge in [0.1, 0.15) is 0 Å². The third-order valence-corrected chi connectivity index (χ3v) is 2.62. The minimum Gasteiger partial charge on any atom is -0.394 e. The van der Waals surface area contributed by atoms with E-state index >= 15 is 0 Å². The summed E-state index contributed by atoms with van der Waals surface area (Å²) in [6.45, 7) is 3.04. The fourth-order valence-corrected chi connectivity index (χ4v) is 1.67. The SMILES string of the molecule is Cc1nc(/C=C/C(=O)NCCOCCO)cs1. The lowest BCUT2D eigenvalue weighted by atomic mass is 10.4. The van der Waals surface area contributed by atoms with E-state index in [2.05, 4.69) is 10.3 Å². The first kappa shape index (κ1) is 13.8. The number of aryl methyl sites for hydroxylation is 1. The van der Waals surface area contributed by atoms with Gasteiger partial charge in [0, 0.05) is 18.0 Å². The molecule has 1 rings (SSSR count). The molecule has 2 N–H and O–H groups in total. The van der Waals surface area contributed by atoms with Gasteiger partial charge in [0.2, 0.25) is 5.91 Å². The number of aliphatic hydroxyl groups excluding tert-OH is 1. The molecule has 1 aromatic rings. The van der Waals surface area contributed by atoms with Gasteiger partial charge in [-0.05, 0) is 13.0 Å². The Hall–Kier alpha value is -1.24. The van der Waals surface area contributed by atoms with E-state index in [9.17, 15) is 4.79 Å². The Balaban J connectivity index is 2.18. The summed E-state index contributed by atoms with van der Waals surface area (Å²) in [4.78, 5) is 15.5. The predicted octanol–water partition coefficient (Wildman–Crippen LogP) is 0.590. The van der Waals surface area contributed by atoms with Gasteiger partial charge in [-0.2, -0.15) is 0 Å². The van der Waals surface area contributed by atoms with Gasteiger partial charge in [0.15, 0.2) is 0 Å². The van der Waals surface area contributed by atoms with Crippen molar-refractivity contribution < 1.29 is 14.6 Å². The molecule has 0 atom stereocenters. The number of carbonyl (C=O) groups excluding carboxylic acids is 1. The maximum absolute atomic E-state index is 11.3. The van der Waals surface area contributed by atoms with E-state index in [0.29, 0.717) is 19.8 Å². The van der Waals surface area contributed by atoms with E-state index in [-0.39, 0.29) is 12.5 Å². The quantitative estimate of drug-likeness (QED) is 0.553. The maximum atomic E-state index is 11.3. The zero-order chi connectivity index (χ0) is 12.5. The molecular formula is C11H16N2O3S. The second-order valence-electron chi connectivity index (χ2n) is 3.25. The summed E-state index contributed by atoms with van der Waals surface area (Å²) < 4.78 is 5.00. The van der Waals surface area contributed by atoms with Crippen LogP contribution in [-0.2, 0) is 9.53 Å². The Morgan fingerprint density at radius 1 is 1.65 bits per heavy atom. The summed E-state index contributed by atoms with van der Waals surface area (Å²) in [6.07, 6.45) is 3.12. The molecule has 1 aromatic heterocycles. The largest absolute Gasteiger partial charge is 0.394 e. The number of carbonyl (C=O) groups is 1. The molecule has 0 saturated carbocycles. The summed E-state index contributed by atoms with van der Waals surface area (Å²) in [5.74, 6) is -0.178. The molecule has 1 amide bonds. The zero-order valence-electron chi connectivity index (χ0n) is 9.68. The maximum Gasteiger partial charge on any atom is 0.244 e. The Bertz CT molecular complexity index is 377. The van der Waals surface area contributed by atoms with Crippen molar-refractivity contribution in [3.8, 4) is 0 Å². The van der Waals surface area contributed by atoms with Gasteiger partial charge in [0.25, 0.3) is 0 Å². The highest BCUT2D eigenvalue weighted by atomic mass is 32.1. The Morgan fingerprint density at radius 3 is 3.12 bits per heavy atom. The van der Waals surface area contributed by atoms with E-state index in [0.717, 1.165) is 10.7 Å². The smallest absolute Gasteiger partial charge is 0.244 e. The van der Waals surface area contributed by atoms with Crippen LogP contribution in [0.3, 0.4) is 0 Å². The van der Waals surface area contributed by atoms with Crippen LogP contribution in [0.5, 0.6) is 0 Å². The first-order chi connectivity index (χ1) is 8.22. The lowest BCUT2D eigenvalue weighted by Gasteiger charge is -2.02. The van der Waals surface area contributed by atoms with Crippen LogP contribution in [0.1, 0.15) is 10.7 Å². The highest BCUT2D eigenvalue weighted by Gasteiger charge is 1.96. The second kappa shape index (κ2) is 7.94. The van der Waals surface area contributed by atoms with Crippen molar-refractivity contribution in [2.75, 3.05) is 26.4 Å². The molecule has 0 fully saturated rings. The first-order valence-corrected chi connectivity index (χ1v) is 6.17. The molecule has 0 aliphatic heterocycles. The first-order valence-electron chi connectivity index (χ1n) is 5.29. The minimum absolute atomic E-state index is 0.00295. The number of ether oxygens (including phenoxy) is 1. The van der Waals surface area contributed by atoms with Crippen LogP contribution in [0.4, 0.5) is 0 Å². The Morgan fingerprint density at radius 2 is 2.47 bits per heavy atom. The number of thiazole rings is 1. The second-order valence-corrected chi connectivity index (χ2v) is 4.31. The molecular weight excluding hydrogens is 240 g/mol. The van der Waals surface area contributed by atoms with Gasteiger partial charge in [-0.1, -0.05) is 0 Å². The summed E-state index contributed by atoms with van der Waals surface area (Å²) in [5.41, 5.74) is 0.791. The number of aromatic nitrogens is 1. The van der Waals surface area contributed by atoms with E-state index in [1.54, 1.807) is 17.4 Å². The van der Waals surface area contributed by atoms with Crippen molar-refractivity contribution in [2.24, 2.45) is 0 Å². The fourth-order valence-electron chi connectivity index (χ4n) is 1.09. The number of nitrogens with zero attached hydrogens (tertiary/aromatic N) is 1. The van der Waals surface area contributed by atoms with Crippen LogP contribution in [0.25, 0.3) is 6.08 Å². The minimum atomic E-state index is -0.178. The van der Waals surface area contributed by atoms with Crippen LogP contribution in [0.15, 0.2) is 11.5 Å². The molecule has 5 nitrogen and oxygen atoms in total. The summed E-state index contributed by atoms with van der Waals surface area (Å²) in [7, 11) is 0. The van der Waals surface area contributed by atoms with Gasteiger partial charge < -0.3 is 15.2 Å². The van der Waals surface area contributed by atoms with Gasteiger partial charge in [-0.15, -0.1) is 11.3 Å². The monoisotopic (exact) mass is 256 g/mol. The molecule has 0 radical (unpaired) electrons. The molecule has 0 aliphatic rings. The van der Waals surface area contributed by atoms with E-state index in [1.807, 2.05) is 12.3 Å². The van der Waals surface area contributed by atoms with Crippen molar-refractivity contribution in [1.82, 2.24) is 10.3 Å². The fraction of sp³-hybridized carbons (Fsp3) is 0.455. The van der Waals surface area contributed by atoms with Gasteiger partial charge >= 0.3 is 0 Å². The average molecular weight is 256 g/mol. The van der Waals surface area contributed by atoms with Gasteiger partial charge in [-0.25, -0.2) is 4.98 Å². The summed E-state index contributed by atoms with van der Waals surface area (Å²) in [6, 6.07) is 0.